The lowest BCUT2D eigenvalue weighted by molar-refractivity contribution is -0.137. The predicted octanol–water partition coefficient (Wildman–Crippen LogP) is 4.87. The molecule has 3 aromatic rings. The Hall–Kier alpha value is -3.37. The summed E-state index contributed by atoms with van der Waals surface area (Å²) in [7, 11) is 0. The van der Waals surface area contributed by atoms with Gasteiger partial charge in [0, 0.05) is 12.2 Å². The number of aliphatic hydroxyl groups is 1. The SMILES string of the molecule is O=C(Nc1ccccc1)Nc1ccc(C(=O)NCC(O)c2cccc(C(F)(F)F)c2)s1. The van der Waals surface area contributed by atoms with E-state index in [1.54, 1.807) is 30.3 Å². The number of alkyl halides is 3. The Morgan fingerprint density at radius 3 is 2.42 bits per heavy atom. The average Bonchev–Trinajstić information content (AvgIpc) is 3.20. The number of carbonyl (C=O) groups excluding carboxylic acids is 2. The molecule has 1 aromatic heterocycles. The van der Waals surface area contributed by atoms with Crippen LogP contribution in [0.5, 0.6) is 0 Å². The van der Waals surface area contributed by atoms with Crippen molar-refractivity contribution >= 4 is 34.0 Å². The van der Waals surface area contributed by atoms with Gasteiger partial charge in [-0.25, -0.2) is 4.79 Å². The van der Waals surface area contributed by atoms with Gasteiger partial charge in [-0.2, -0.15) is 13.2 Å². The van der Waals surface area contributed by atoms with Gasteiger partial charge in [0.25, 0.3) is 5.91 Å². The molecule has 0 fully saturated rings. The number of thiophene rings is 1. The molecule has 0 radical (unpaired) electrons. The Morgan fingerprint density at radius 2 is 1.71 bits per heavy atom. The van der Waals surface area contributed by atoms with Crippen LogP contribution in [0.3, 0.4) is 0 Å². The van der Waals surface area contributed by atoms with E-state index in [4.69, 9.17) is 0 Å². The third-order valence-electron chi connectivity index (χ3n) is 4.15. The highest BCUT2D eigenvalue weighted by atomic mass is 32.1. The fourth-order valence-corrected chi connectivity index (χ4v) is 3.46. The Bertz CT molecular complexity index is 1050. The normalized spacial score (nSPS) is 12.1. The highest BCUT2D eigenvalue weighted by Crippen LogP contribution is 2.30. The number of carbonyl (C=O) groups is 2. The van der Waals surface area contributed by atoms with Crippen LogP contribution in [0.15, 0.2) is 66.7 Å². The van der Waals surface area contributed by atoms with Crippen LogP contribution in [0.1, 0.15) is 26.9 Å². The number of urea groups is 1. The van der Waals surface area contributed by atoms with Gasteiger partial charge in [0.1, 0.15) is 0 Å². The van der Waals surface area contributed by atoms with Gasteiger partial charge < -0.3 is 15.7 Å². The largest absolute Gasteiger partial charge is 0.416 e. The lowest BCUT2D eigenvalue weighted by Gasteiger charge is -2.14. The van der Waals surface area contributed by atoms with Gasteiger partial charge in [0.15, 0.2) is 0 Å². The van der Waals surface area contributed by atoms with Gasteiger partial charge in [-0.15, -0.1) is 11.3 Å². The molecule has 31 heavy (non-hydrogen) atoms. The Labute approximate surface area is 179 Å². The van der Waals surface area contributed by atoms with Crippen LogP contribution in [0.4, 0.5) is 28.7 Å². The van der Waals surface area contributed by atoms with Crippen molar-refractivity contribution in [1.29, 1.82) is 0 Å². The molecule has 1 atom stereocenters. The van der Waals surface area contributed by atoms with E-state index in [1.165, 1.54) is 18.2 Å². The van der Waals surface area contributed by atoms with Crippen LogP contribution in [0, 0.1) is 0 Å². The van der Waals surface area contributed by atoms with Gasteiger partial charge >= 0.3 is 12.2 Å². The highest BCUT2D eigenvalue weighted by molar-refractivity contribution is 7.18. The number of amides is 3. The first-order chi connectivity index (χ1) is 14.7. The average molecular weight is 449 g/mol. The smallest absolute Gasteiger partial charge is 0.387 e. The molecular weight excluding hydrogens is 431 g/mol. The fourth-order valence-electron chi connectivity index (χ4n) is 2.64. The lowest BCUT2D eigenvalue weighted by atomic mass is 10.1. The predicted molar refractivity (Wildman–Crippen MR) is 112 cm³/mol. The minimum Gasteiger partial charge on any atom is -0.387 e. The molecule has 6 nitrogen and oxygen atoms in total. The Balaban J connectivity index is 1.53. The minimum atomic E-state index is -4.52. The van der Waals surface area contributed by atoms with Crippen LogP contribution < -0.4 is 16.0 Å². The number of hydrogen-bond acceptors (Lipinski definition) is 4. The molecule has 3 rings (SSSR count). The first kappa shape index (κ1) is 22.3. The van der Waals surface area contributed by atoms with Crippen molar-refractivity contribution in [2.45, 2.75) is 12.3 Å². The number of nitrogens with one attached hydrogen (secondary N) is 3. The zero-order chi connectivity index (χ0) is 22.4. The summed E-state index contributed by atoms with van der Waals surface area (Å²) in [6, 6.07) is 15.7. The first-order valence-electron chi connectivity index (χ1n) is 9.08. The number of para-hydroxylation sites is 1. The number of aliphatic hydroxyl groups excluding tert-OH is 1. The molecule has 1 heterocycles. The maximum absolute atomic E-state index is 12.8. The first-order valence-corrected chi connectivity index (χ1v) is 9.90. The molecule has 0 aliphatic carbocycles. The van der Waals surface area contributed by atoms with Crippen molar-refractivity contribution in [2.24, 2.45) is 0 Å². The quantitative estimate of drug-likeness (QED) is 0.433. The van der Waals surface area contributed by atoms with E-state index in [-0.39, 0.29) is 17.0 Å². The van der Waals surface area contributed by atoms with E-state index in [0.29, 0.717) is 10.7 Å². The van der Waals surface area contributed by atoms with Crippen LogP contribution >= 0.6 is 11.3 Å². The minimum absolute atomic E-state index is 0.0428. The maximum Gasteiger partial charge on any atom is 0.416 e. The van der Waals surface area contributed by atoms with E-state index < -0.39 is 29.8 Å². The fraction of sp³-hybridized carbons (Fsp3) is 0.143. The van der Waals surface area contributed by atoms with Crippen LogP contribution in [-0.2, 0) is 6.18 Å². The molecule has 0 saturated carbocycles. The summed E-state index contributed by atoms with van der Waals surface area (Å²) >= 11 is 1.02. The lowest BCUT2D eigenvalue weighted by Crippen LogP contribution is -2.27. The van der Waals surface area contributed by atoms with Gasteiger partial charge in [0.2, 0.25) is 0 Å². The van der Waals surface area contributed by atoms with Crippen molar-refractivity contribution in [3.8, 4) is 0 Å². The number of anilines is 2. The summed E-state index contributed by atoms with van der Waals surface area (Å²) in [6.45, 7) is -0.269. The van der Waals surface area contributed by atoms with E-state index in [1.807, 2.05) is 6.07 Å². The van der Waals surface area contributed by atoms with Gasteiger partial charge in [-0.1, -0.05) is 30.3 Å². The second-order valence-corrected chi connectivity index (χ2v) is 7.54. The molecule has 10 heteroatoms. The number of hydrogen-bond donors (Lipinski definition) is 4. The van der Waals surface area contributed by atoms with Crippen molar-refractivity contribution in [2.75, 3.05) is 17.2 Å². The zero-order valence-corrected chi connectivity index (χ0v) is 16.8. The molecule has 0 aliphatic heterocycles. The summed E-state index contributed by atoms with van der Waals surface area (Å²) < 4.78 is 38.4. The standard InChI is InChI=1S/C21H18F3N3O3S/c22-21(23,24)14-6-4-5-13(11-14)16(28)12-25-19(29)17-9-10-18(31-17)27-20(30)26-15-7-2-1-3-8-15/h1-11,16,28H,12H2,(H,25,29)(H2,26,27,30). The maximum atomic E-state index is 12.8. The van der Waals surface area contributed by atoms with E-state index in [9.17, 15) is 27.9 Å². The Morgan fingerprint density at radius 1 is 0.968 bits per heavy atom. The summed E-state index contributed by atoms with van der Waals surface area (Å²) in [4.78, 5) is 24.5. The highest BCUT2D eigenvalue weighted by Gasteiger charge is 2.30. The van der Waals surface area contributed by atoms with Gasteiger partial charge in [0.05, 0.1) is 21.5 Å². The van der Waals surface area contributed by atoms with Gasteiger partial charge in [-0.3, -0.25) is 10.1 Å². The van der Waals surface area contributed by atoms with Crippen LogP contribution in [-0.4, -0.2) is 23.6 Å². The van der Waals surface area contributed by atoms with Gasteiger partial charge in [-0.05, 0) is 42.0 Å². The summed E-state index contributed by atoms with van der Waals surface area (Å²) in [5.74, 6) is -0.521. The van der Waals surface area contributed by atoms with Crippen molar-refractivity contribution in [3.63, 3.8) is 0 Å². The second kappa shape index (κ2) is 9.63. The molecule has 0 spiro atoms. The molecule has 0 saturated heterocycles. The summed E-state index contributed by atoms with van der Waals surface area (Å²) in [5.41, 5.74) is -0.225. The van der Waals surface area contributed by atoms with Crippen LogP contribution in [0.2, 0.25) is 0 Å². The van der Waals surface area contributed by atoms with Crippen molar-refractivity contribution < 1.29 is 27.9 Å². The third kappa shape index (κ3) is 6.30. The molecule has 2 aromatic carbocycles. The van der Waals surface area contributed by atoms with Crippen molar-refractivity contribution in [1.82, 2.24) is 5.32 Å². The van der Waals surface area contributed by atoms with Crippen molar-refractivity contribution in [3.05, 3.63) is 82.7 Å². The topological polar surface area (TPSA) is 90.5 Å². The summed E-state index contributed by atoms with van der Waals surface area (Å²) in [6.07, 6.45) is -5.83. The number of benzene rings is 2. The molecule has 162 valence electrons. The molecule has 4 N–H and O–H groups in total. The number of halogens is 3. The monoisotopic (exact) mass is 449 g/mol. The van der Waals surface area contributed by atoms with Crippen LogP contribution in [0.25, 0.3) is 0 Å². The molecular formula is C21H18F3N3O3S. The van der Waals surface area contributed by atoms with E-state index in [0.717, 1.165) is 23.5 Å². The molecule has 0 aliphatic rings. The second-order valence-electron chi connectivity index (χ2n) is 6.46. The molecule has 0 bridgehead atoms. The van der Waals surface area contributed by atoms with E-state index in [2.05, 4.69) is 16.0 Å². The third-order valence-corrected chi connectivity index (χ3v) is 5.15. The molecule has 1 unspecified atom stereocenters. The summed E-state index contributed by atoms with van der Waals surface area (Å²) in [5, 5.41) is 18.3. The number of rotatable bonds is 6. The molecule has 3 amide bonds. The van der Waals surface area contributed by atoms with E-state index >= 15 is 0 Å². The Kier molecular flexibility index (Phi) is 6.93. The zero-order valence-electron chi connectivity index (χ0n) is 15.9.